The highest BCUT2D eigenvalue weighted by molar-refractivity contribution is 6.31. The first-order valence-electron chi connectivity index (χ1n) is 6.20. The lowest BCUT2D eigenvalue weighted by Gasteiger charge is -2.13. The minimum absolute atomic E-state index is 0.120. The van der Waals surface area contributed by atoms with Crippen molar-refractivity contribution in [2.75, 3.05) is 19.0 Å². The molecule has 0 radical (unpaired) electrons. The van der Waals surface area contributed by atoms with Crippen molar-refractivity contribution < 1.29 is 14.6 Å². The van der Waals surface area contributed by atoms with E-state index in [1.165, 1.54) is 13.2 Å². The summed E-state index contributed by atoms with van der Waals surface area (Å²) in [6, 6.07) is 10.1. The molecule has 0 saturated heterocycles. The molecule has 1 aromatic heterocycles. The van der Waals surface area contributed by atoms with Gasteiger partial charge in [0, 0.05) is 17.1 Å². The summed E-state index contributed by atoms with van der Waals surface area (Å²) in [7, 11) is 1.27. The Bertz CT molecular complexity index is 619. The predicted molar refractivity (Wildman–Crippen MR) is 78.3 cm³/mol. The fourth-order valence-corrected chi connectivity index (χ4v) is 1.96. The van der Waals surface area contributed by atoms with Crippen LogP contribution in [-0.4, -0.2) is 34.9 Å². The number of ether oxygens (including phenoxy) is 1. The van der Waals surface area contributed by atoms with Gasteiger partial charge >= 0.3 is 5.97 Å². The monoisotopic (exact) mass is 307 g/mol. The smallest absolute Gasteiger partial charge is 0.358 e. The van der Waals surface area contributed by atoms with E-state index in [4.69, 9.17) is 11.6 Å². The third-order valence-corrected chi connectivity index (χ3v) is 3.14. The SMILES string of the molecule is COC(=O)c1ccc(NCC(O)c2ccccc2Cl)nn1. The molecule has 2 aromatic rings. The molecule has 0 fully saturated rings. The number of carbonyl (C=O) groups excluding carboxylic acids is 1. The maximum atomic E-state index is 11.2. The number of aromatic nitrogens is 2. The van der Waals surface area contributed by atoms with Crippen LogP contribution in [0.4, 0.5) is 5.82 Å². The molecule has 0 aliphatic carbocycles. The van der Waals surface area contributed by atoms with Gasteiger partial charge in [0.1, 0.15) is 5.82 Å². The summed E-state index contributed by atoms with van der Waals surface area (Å²) in [6.07, 6.45) is -0.777. The van der Waals surface area contributed by atoms with E-state index in [0.29, 0.717) is 16.4 Å². The number of anilines is 1. The molecule has 21 heavy (non-hydrogen) atoms. The Morgan fingerprint density at radius 3 is 2.71 bits per heavy atom. The number of aliphatic hydroxyl groups excluding tert-OH is 1. The van der Waals surface area contributed by atoms with Gasteiger partial charge in [-0.25, -0.2) is 4.79 Å². The predicted octanol–water partition coefficient (Wildman–Crippen LogP) is 2.06. The van der Waals surface area contributed by atoms with E-state index in [-0.39, 0.29) is 12.2 Å². The topological polar surface area (TPSA) is 84.3 Å². The van der Waals surface area contributed by atoms with Gasteiger partial charge in [0.2, 0.25) is 0 Å². The molecule has 1 atom stereocenters. The van der Waals surface area contributed by atoms with Crippen LogP contribution in [0.2, 0.25) is 5.02 Å². The number of hydrogen-bond acceptors (Lipinski definition) is 6. The van der Waals surface area contributed by atoms with Gasteiger partial charge in [-0.05, 0) is 18.2 Å². The van der Waals surface area contributed by atoms with E-state index in [0.717, 1.165) is 0 Å². The Morgan fingerprint density at radius 2 is 2.10 bits per heavy atom. The minimum Gasteiger partial charge on any atom is -0.464 e. The maximum Gasteiger partial charge on any atom is 0.358 e. The van der Waals surface area contributed by atoms with E-state index in [2.05, 4.69) is 20.3 Å². The second kappa shape index (κ2) is 7.01. The zero-order chi connectivity index (χ0) is 15.2. The summed E-state index contributed by atoms with van der Waals surface area (Å²) in [6.45, 7) is 0.218. The molecule has 7 heteroatoms. The maximum absolute atomic E-state index is 11.2. The van der Waals surface area contributed by atoms with E-state index >= 15 is 0 Å². The average Bonchev–Trinajstić information content (AvgIpc) is 2.52. The van der Waals surface area contributed by atoms with Gasteiger partial charge < -0.3 is 15.2 Å². The van der Waals surface area contributed by atoms with Crippen LogP contribution in [0.25, 0.3) is 0 Å². The number of hydrogen-bond donors (Lipinski definition) is 2. The highest BCUT2D eigenvalue weighted by Crippen LogP contribution is 2.22. The lowest BCUT2D eigenvalue weighted by molar-refractivity contribution is 0.0592. The van der Waals surface area contributed by atoms with Crippen LogP contribution in [0, 0.1) is 0 Å². The van der Waals surface area contributed by atoms with Crippen LogP contribution < -0.4 is 5.32 Å². The summed E-state index contributed by atoms with van der Waals surface area (Å²) >= 11 is 6.01. The molecule has 110 valence electrons. The number of rotatable bonds is 5. The first-order valence-corrected chi connectivity index (χ1v) is 6.58. The molecule has 2 N–H and O–H groups in total. The molecule has 0 spiro atoms. The fraction of sp³-hybridized carbons (Fsp3) is 0.214. The third kappa shape index (κ3) is 3.90. The number of nitrogens with zero attached hydrogens (tertiary/aromatic N) is 2. The van der Waals surface area contributed by atoms with Crippen molar-refractivity contribution in [2.45, 2.75) is 6.10 Å². The minimum atomic E-state index is -0.777. The molecule has 0 bridgehead atoms. The molecule has 6 nitrogen and oxygen atoms in total. The molecular weight excluding hydrogens is 294 g/mol. The highest BCUT2D eigenvalue weighted by Gasteiger charge is 2.12. The van der Waals surface area contributed by atoms with E-state index < -0.39 is 12.1 Å². The van der Waals surface area contributed by atoms with Gasteiger partial charge in [-0.2, -0.15) is 0 Å². The number of aliphatic hydroxyl groups is 1. The van der Waals surface area contributed by atoms with Crippen molar-refractivity contribution in [2.24, 2.45) is 0 Å². The summed E-state index contributed by atoms with van der Waals surface area (Å²) < 4.78 is 4.53. The zero-order valence-electron chi connectivity index (χ0n) is 11.3. The highest BCUT2D eigenvalue weighted by atomic mass is 35.5. The number of benzene rings is 1. The van der Waals surface area contributed by atoms with Gasteiger partial charge in [0.05, 0.1) is 13.2 Å². The van der Waals surface area contributed by atoms with Crippen LogP contribution in [0.15, 0.2) is 36.4 Å². The first-order chi connectivity index (χ1) is 10.1. The van der Waals surface area contributed by atoms with Crippen molar-refractivity contribution in [3.8, 4) is 0 Å². The molecule has 1 unspecified atom stereocenters. The number of esters is 1. The number of methoxy groups -OCH3 is 1. The standard InChI is InChI=1S/C14H14ClN3O3/c1-21-14(20)11-6-7-13(18-17-11)16-8-12(19)9-4-2-3-5-10(9)15/h2-7,12,19H,8H2,1H3,(H,16,18). The molecule has 0 amide bonds. The number of nitrogens with one attached hydrogen (secondary N) is 1. The zero-order valence-corrected chi connectivity index (χ0v) is 12.0. The van der Waals surface area contributed by atoms with E-state index in [9.17, 15) is 9.90 Å². The molecule has 0 aliphatic rings. The van der Waals surface area contributed by atoms with Gasteiger partial charge in [-0.15, -0.1) is 10.2 Å². The Balaban J connectivity index is 1.97. The van der Waals surface area contributed by atoms with Crippen molar-refractivity contribution >= 4 is 23.4 Å². The van der Waals surface area contributed by atoms with Gasteiger partial charge in [0.25, 0.3) is 0 Å². The molecule has 0 saturated carbocycles. The van der Waals surface area contributed by atoms with Crippen LogP contribution >= 0.6 is 11.6 Å². The van der Waals surface area contributed by atoms with Gasteiger partial charge in [-0.3, -0.25) is 0 Å². The second-order valence-corrected chi connectivity index (χ2v) is 4.62. The van der Waals surface area contributed by atoms with Crippen LogP contribution in [-0.2, 0) is 4.74 Å². The molecule has 1 aromatic carbocycles. The van der Waals surface area contributed by atoms with Crippen molar-refractivity contribution in [3.05, 3.63) is 52.7 Å². The van der Waals surface area contributed by atoms with Crippen LogP contribution in [0.3, 0.4) is 0 Å². The molecular formula is C14H14ClN3O3. The van der Waals surface area contributed by atoms with Crippen LogP contribution in [0.1, 0.15) is 22.2 Å². The Labute approximate surface area is 126 Å². The largest absolute Gasteiger partial charge is 0.464 e. The summed E-state index contributed by atoms with van der Waals surface area (Å²) in [5.41, 5.74) is 0.750. The third-order valence-electron chi connectivity index (χ3n) is 2.80. The van der Waals surface area contributed by atoms with Crippen molar-refractivity contribution in [1.29, 1.82) is 0 Å². The Kier molecular flexibility index (Phi) is 5.08. The lowest BCUT2D eigenvalue weighted by atomic mass is 10.1. The first kappa shape index (κ1) is 15.2. The van der Waals surface area contributed by atoms with Crippen molar-refractivity contribution in [1.82, 2.24) is 10.2 Å². The van der Waals surface area contributed by atoms with Crippen LogP contribution in [0.5, 0.6) is 0 Å². The average molecular weight is 308 g/mol. The normalized spacial score (nSPS) is 11.8. The van der Waals surface area contributed by atoms with Gasteiger partial charge in [-0.1, -0.05) is 29.8 Å². The molecule has 2 rings (SSSR count). The molecule has 1 heterocycles. The fourth-order valence-electron chi connectivity index (χ4n) is 1.70. The number of carbonyl (C=O) groups is 1. The lowest BCUT2D eigenvalue weighted by Crippen LogP contribution is -2.14. The Hall–Kier alpha value is -2.18. The quantitative estimate of drug-likeness (QED) is 0.823. The van der Waals surface area contributed by atoms with E-state index in [1.54, 1.807) is 30.3 Å². The van der Waals surface area contributed by atoms with Crippen molar-refractivity contribution in [3.63, 3.8) is 0 Å². The summed E-state index contributed by atoms with van der Waals surface area (Å²) in [5.74, 6) is -0.112. The molecule has 0 aliphatic heterocycles. The van der Waals surface area contributed by atoms with Gasteiger partial charge in [0.15, 0.2) is 5.69 Å². The van der Waals surface area contributed by atoms with E-state index in [1.807, 2.05) is 0 Å². The Morgan fingerprint density at radius 1 is 1.33 bits per heavy atom. The summed E-state index contributed by atoms with van der Waals surface area (Å²) in [5, 5.41) is 21.0. The number of halogens is 1. The second-order valence-electron chi connectivity index (χ2n) is 4.21. The summed E-state index contributed by atoms with van der Waals surface area (Å²) in [4.78, 5) is 11.2.